The molecule has 1 saturated heterocycles. The Hall–Kier alpha value is -2.39. The fraction of sp³-hybridized carbons (Fsp3) is 0.316. The summed E-state index contributed by atoms with van der Waals surface area (Å²) in [6, 6.07) is 9.41. The summed E-state index contributed by atoms with van der Waals surface area (Å²) >= 11 is 1.47. The first-order chi connectivity index (χ1) is 13.3. The first kappa shape index (κ1) is 20.3. The van der Waals surface area contributed by atoms with Gasteiger partial charge in [-0.15, -0.1) is 11.8 Å². The third kappa shape index (κ3) is 4.71. The molecule has 0 aromatic heterocycles. The maximum atomic E-state index is 12.8. The van der Waals surface area contributed by atoms with Crippen molar-refractivity contribution >= 4 is 17.7 Å². The lowest BCUT2D eigenvalue weighted by molar-refractivity contribution is -0.139. The zero-order valence-corrected chi connectivity index (χ0v) is 15.6. The van der Waals surface area contributed by atoms with Crippen molar-refractivity contribution in [2.24, 2.45) is 0 Å². The number of hydrogen-bond acceptors (Lipinski definition) is 5. The topological polar surface area (TPSA) is 67.8 Å². The minimum Gasteiger partial charge on any atom is -0.496 e. The molecule has 0 spiro atoms. The van der Waals surface area contributed by atoms with E-state index in [0.717, 1.165) is 17.7 Å². The fourth-order valence-electron chi connectivity index (χ4n) is 2.80. The molecular formula is C19H18F3NO4S. The van der Waals surface area contributed by atoms with Gasteiger partial charge in [-0.2, -0.15) is 13.2 Å². The zero-order valence-electron chi connectivity index (χ0n) is 14.8. The van der Waals surface area contributed by atoms with E-state index >= 15 is 0 Å². The second kappa shape index (κ2) is 8.32. The number of hydrogen-bond donors (Lipinski definition) is 2. The van der Waals surface area contributed by atoms with Crippen molar-refractivity contribution < 1.29 is 32.5 Å². The number of aliphatic carboxylic acids is 1. The molecule has 0 amide bonds. The number of rotatable bonds is 6. The molecule has 2 N–H and O–H groups in total. The Morgan fingerprint density at radius 3 is 2.71 bits per heavy atom. The summed E-state index contributed by atoms with van der Waals surface area (Å²) < 4.78 is 49.4. The van der Waals surface area contributed by atoms with Crippen LogP contribution in [-0.4, -0.2) is 30.0 Å². The Morgan fingerprint density at radius 2 is 2.07 bits per heavy atom. The van der Waals surface area contributed by atoms with E-state index in [1.54, 1.807) is 12.1 Å². The van der Waals surface area contributed by atoms with Gasteiger partial charge in [0.25, 0.3) is 0 Å². The number of ether oxygens (including phenoxy) is 2. The molecular weight excluding hydrogens is 395 g/mol. The summed E-state index contributed by atoms with van der Waals surface area (Å²) in [4.78, 5) is 11.1. The van der Waals surface area contributed by atoms with Crippen molar-refractivity contribution in [1.29, 1.82) is 0 Å². The van der Waals surface area contributed by atoms with E-state index in [0.29, 0.717) is 17.1 Å². The lowest BCUT2D eigenvalue weighted by Gasteiger charge is -2.16. The Labute approximate surface area is 163 Å². The maximum Gasteiger partial charge on any atom is 0.416 e. The van der Waals surface area contributed by atoms with E-state index in [-0.39, 0.29) is 17.7 Å². The van der Waals surface area contributed by atoms with E-state index in [9.17, 15) is 18.0 Å². The third-order valence-corrected chi connectivity index (χ3v) is 5.51. The average Bonchev–Trinajstić information content (AvgIpc) is 3.16. The predicted octanol–water partition coefficient (Wildman–Crippen LogP) is 4.08. The number of thioether (sulfide) groups is 1. The lowest BCUT2D eigenvalue weighted by Crippen LogP contribution is -2.33. The maximum absolute atomic E-state index is 12.8. The number of nitrogens with one attached hydrogen (secondary N) is 1. The monoisotopic (exact) mass is 413 g/mol. The van der Waals surface area contributed by atoms with Crippen LogP contribution >= 0.6 is 11.8 Å². The highest BCUT2D eigenvalue weighted by atomic mass is 32.2. The minimum absolute atomic E-state index is 0.0120. The van der Waals surface area contributed by atoms with Crippen molar-refractivity contribution in [3.63, 3.8) is 0 Å². The van der Waals surface area contributed by atoms with Crippen LogP contribution in [0.4, 0.5) is 13.2 Å². The van der Waals surface area contributed by atoms with Gasteiger partial charge in [-0.3, -0.25) is 10.1 Å². The number of carbonyl (C=O) groups is 1. The average molecular weight is 413 g/mol. The third-order valence-electron chi connectivity index (χ3n) is 4.24. The number of benzene rings is 2. The van der Waals surface area contributed by atoms with Crippen molar-refractivity contribution in [1.82, 2.24) is 5.32 Å². The molecule has 2 aromatic carbocycles. The van der Waals surface area contributed by atoms with Gasteiger partial charge in [0.05, 0.1) is 18.0 Å². The highest BCUT2D eigenvalue weighted by Crippen LogP contribution is 2.36. The normalized spacial score (nSPS) is 19.4. The summed E-state index contributed by atoms with van der Waals surface area (Å²) in [5, 5.41) is 11.9. The molecule has 150 valence electrons. The van der Waals surface area contributed by atoms with Crippen molar-refractivity contribution in [2.75, 3.05) is 12.9 Å². The number of methoxy groups -OCH3 is 1. The highest BCUT2D eigenvalue weighted by Gasteiger charge is 2.31. The van der Waals surface area contributed by atoms with Crippen LogP contribution < -0.4 is 14.8 Å². The molecule has 1 fully saturated rings. The number of halogens is 3. The van der Waals surface area contributed by atoms with E-state index in [1.165, 1.54) is 31.0 Å². The standard InChI is InChI=1S/C19H18F3NO4S/c1-26-16-6-5-11(17-23-15(10-28-17)18(24)25)7-12(16)9-27-14-4-2-3-13(8-14)19(20,21)22/h2-8,15,17,23H,9-10H2,1H3,(H,24,25)/t15-,17-/m1/s1. The van der Waals surface area contributed by atoms with Gasteiger partial charge in [-0.25, -0.2) is 0 Å². The van der Waals surface area contributed by atoms with Crippen LogP contribution in [-0.2, 0) is 17.6 Å². The summed E-state index contributed by atoms with van der Waals surface area (Å²) in [6.07, 6.45) is -4.44. The summed E-state index contributed by atoms with van der Waals surface area (Å²) in [5.74, 6) is 0.175. The molecule has 0 unspecified atom stereocenters. The van der Waals surface area contributed by atoms with Crippen LogP contribution in [0.25, 0.3) is 0 Å². The molecule has 2 aromatic rings. The Balaban J connectivity index is 1.75. The predicted molar refractivity (Wildman–Crippen MR) is 98.5 cm³/mol. The van der Waals surface area contributed by atoms with Crippen LogP contribution in [0.2, 0.25) is 0 Å². The van der Waals surface area contributed by atoms with Gasteiger partial charge in [0.15, 0.2) is 0 Å². The van der Waals surface area contributed by atoms with Gasteiger partial charge < -0.3 is 14.6 Å². The molecule has 5 nitrogen and oxygen atoms in total. The molecule has 3 rings (SSSR count). The van der Waals surface area contributed by atoms with E-state index in [1.807, 2.05) is 6.07 Å². The van der Waals surface area contributed by atoms with Crippen LogP contribution in [0, 0.1) is 0 Å². The van der Waals surface area contributed by atoms with Crippen molar-refractivity contribution in [3.05, 3.63) is 59.2 Å². The molecule has 1 aliphatic heterocycles. The number of alkyl halides is 3. The molecule has 28 heavy (non-hydrogen) atoms. The van der Waals surface area contributed by atoms with Gasteiger partial charge in [0.1, 0.15) is 24.1 Å². The number of carboxylic acids is 1. The van der Waals surface area contributed by atoms with Crippen LogP contribution in [0.5, 0.6) is 11.5 Å². The van der Waals surface area contributed by atoms with Crippen LogP contribution in [0.15, 0.2) is 42.5 Å². The molecule has 0 bridgehead atoms. The van der Waals surface area contributed by atoms with Gasteiger partial charge in [0.2, 0.25) is 0 Å². The van der Waals surface area contributed by atoms with Gasteiger partial charge >= 0.3 is 12.1 Å². The Bertz CT molecular complexity index is 859. The lowest BCUT2D eigenvalue weighted by atomic mass is 10.1. The largest absolute Gasteiger partial charge is 0.496 e. The van der Waals surface area contributed by atoms with E-state index in [2.05, 4.69) is 5.32 Å². The van der Waals surface area contributed by atoms with Gasteiger partial charge in [-0.1, -0.05) is 12.1 Å². The van der Waals surface area contributed by atoms with Gasteiger partial charge in [0, 0.05) is 11.3 Å². The van der Waals surface area contributed by atoms with Crippen LogP contribution in [0.3, 0.4) is 0 Å². The minimum atomic E-state index is -4.44. The molecule has 1 heterocycles. The Morgan fingerprint density at radius 1 is 1.29 bits per heavy atom. The molecule has 0 saturated carbocycles. The molecule has 0 aliphatic carbocycles. The molecule has 1 aliphatic rings. The molecule has 0 radical (unpaired) electrons. The van der Waals surface area contributed by atoms with Crippen LogP contribution in [0.1, 0.15) is 22.1 Å². The summed E-state index contributed by atoms with van der Waals surface area (Å²) in [5.41, 5.74) is 0.716. The Kier molecular flexibility index (Phi) is 6.04. The number of carboxylic acid groups (broad SMARTS) is 1. The first-order valence-electron chi connectivity index (χ1n) is 8.35. The quantitative estimate of drug-likeness (QED) is 0.744. The zero-order chi connectivity index (χ0) is 20.3. The van der Waals surface area contributed by atoms with Crippen molar-refractivity contribution in [2.45, 2.75) is 24.2 Å². The summed E-state index contributed by atoms with van der Waals surface area (Å²) in [7, 11) is 1.49. The second-order valence-electron chi connectivity index (χ2n) is 6.16. The highest BCUT2D eigenvalue weighted by molar-refractivity contribution is 7.99. The smallest absolute Gasteiger partial charge is 0.416 e. The van der Waals surface area contributed by atoms with Gasteiger partial charge in [-0.05, 0) is 35.9 Å². The SMILES string of the molecule is COc1ccc([C@@H]2N[C@@H](C(=O)O)CS2)cc1COc1cccc(C(F)(F)F)c1. The van der Waals surface area contributed by atoms with E-state index < -0.39 is 23.8 Å². The molecule has 2 atom stereocenters. The first-order valence-corrected chi connectivity index (χ1v) is 9.40. The second-order valence-corrected chi connectivity index (χ2v) is 7.29. The fourth-order valence-corrected chi connectivity index (χ4v) is 4.03. The summed E-state index contributed by atoms with van der Waals surface area (Å²) in [6.45, 7) is 0.0120. The van der Waals surface area contributed by atoms with E-state index in [4.69, 9.17) is 14.6 Å². The molecule has 9 heteroatoms. The van der Waals surface area contributed by atoms with Crippen molar-refractivity contribution in [3.8, 4) is 11.5 Å².